The number of halogens is 1. The molecule has 2 atom stereocenters. The quantitative estimate of drug-likeness (QED) is 0.908. The van der Waals surface area contributed by atoms with E-state index in [9.17, 15) is 9.18 Å². The van der Waals surface area contributed by atoms with Gasteiger partial charge >= 0.3 is 0 Å². The van der Waals surface area contributed by atoms with Gasteiger partial charge in [0, 0.05) is 12.2 Å². The number of hydrogen-bond acceptors (Lipinski definition) is 3. The summed E-state index contributed by atoms with van der Waals surface area (Å²) in [6.07, 6.45) is 0. The Morgan fingerprint density at radius 3 is 2.57 bits per heavy atom. The molecule has 1 N–H and O–H groups in total. The van der Waals surface area contributed by atoms with Crippen LogP contribution in [-0.4, -0.2) is 23.2 Å². The van der Waals surface area contributed by atoms with Crippen molar-refractivity contribution in [3.63, 3.8) is 0 Å². The second-order valence-corrected chi connectivity index (χ2v) is 5.85. The van der Waals surface area contributed by atoms with Crippen LogP contribution in [-0.2, 0) is 4.79 Å². The largest absolute Gasteiger partial charge is 0.325 e. The Balaban J connectivity index is 0.00000106. The smallest absolute Gasteiger partial charge is 0.234 e. The van der Waals surface area contributed by atoms with Crippen LogP contribution in [0.5, 0.6) is 0 Å². The van der Waals surface area contributed by atoms with E-state index >= 15 is 0 Å². The summed E-state index contributed by atoms with van der Waals surface area (Å²) in [5, 5.41) is 3.74. The van der Waals surface area contributed by atoms with Crippen LogP contribution in [0.1, 0.15) is 27.7 Å². The molecule has 1 heterocycles. The number of benzene rings is 1. The molecule has 1 aliphatic rings. The SMILES string of the molecule is CC.CCSC1=NCC(C)C1C(=O)Nc1ccc(F)cc1. The second-order valence-electron chi connectivity index (χ2n) is 4.56. The van der Waals surface area contributed by atoms with Crippen molar-refractivity contribution in [2.24, 2.45) is 16.8 Å². The summed E-state index contributed by atoms with van der Waals surface area (Å²) in [6.45, 7) is 8.77. The van der Waals surface area contributed by atoms with Crippen LogP contribution in [0.4, 0.5) is 10.1 Å². The van der Waals surface area contributed by atoms with E-state index < -0.39 is 0 Å². The van der Waals surface area contributed by atoms with Crippen molar-refractivity contribution in [2.75, 3.05) is 17.6 Å². The fraction of sp³-hybridized carbons (Fsp3) is 0.500. The average Bonchev–Trinajstić information content (AvgIpc) is 2.85. The molecule has 0 bridgehead atoms. The van der Waals surface area contributed by atoms with E-state index in [1.54, 1.807) is 23.9 Å². The topological polar surface area (TPSA) is 41.5 Å². The van der Waals surface area contributed by atoms with Gasteiger partial charge in [-0.1, -0.05) is 27.7 Å². The molecule has 1 amide bonds. The first-order valence-electron chi connectivity index (χ1n) is 7.35. The van der Waals surface area contributed by atoms with Crippen LogP contribution < -0.4 is 5.32 Å². The summed E-state index contributed by atoms with van der Waals surface area (Å²) in [5.41, 5.74) is 0.617. The molecule has 0 saturated carbocycles. The van der Waals surface area contributed by atoms with E-state index in [2.05, 4.69) is 10.3 Å². The molecule has 0 saturated heterocycles. The highest BCUT2D eigenvalue weighted by Gasteiger charge is 2.34. The van der Waals surface area contributed by atoms with Crippen LogP contribution in [0, 0.1) is 17.7 Å². The third-order valence-electron chi connectivity index (χ3n) is 3.06. The fourth-order valence-electron chi connectivity index (χ4n) is 2.09. The molecule has 2 rings (SSSR count). The zero-order chi connectivity index (χ0) is 15.8. The molecule has 0 spiro atoms. The third kappa shape index (κ3) is 4.84. The van der Waals surface area contributed by atoms with Crippen LogP contribution >= 0.6 is 11.8 Å². The van der Waals surface area contributed by atoms with Crippen LogP contribution in [0.3, 0.4) is 0 Å². The number of hydrogen-bond donors (Lipinski definition) is 1. The summed E-state index contributed by atoms with van der Waals surface area (Å²) >= 11 is 1.62. The molecule has 0 aliphatic carbocycles. The van der Waals surface area contributed by atoms with Gasteiger partial charge in [-0.3, -0.25) is 9.79 Å². The maximum atomic E-state index is 12.8. The van der Waals surface area contributed by atoms with Crippen molar-refractivity contribution in [3.8, 4) is 0 Å². The standard InChI is InChI=1S/C14H17FN2OS.C2H6/c1-3-19-14-12(9(2)8-16-14)13(18)17-11-6-4-10(15)5-7-11;1-2/h4-7,9,12H,3,8H2,1-2H3,(H,17,18);1-2H3. The molecule has 21 heavy (non-hydrogen) atoms. The van der Waals surface area contributed by atoms with Gasteiger partial charge in [-0.25, -0.2) is 4.39 Å². The Bertz CT molecular complexity index is 488. The average molecular weight is 310 g/mol. The Labute approximate surface area is 130 Å². The van der Waals surface area contributed by atoms with E-state index in [1.807, 2.05) is 27.7 Å². The van der Waals surface area contributed by atoms with E-state index in [-0.39, 0.29) is 23.6 Å². The molecule has 116 valence electrons. The minimum absolute atomic E-state index is 0.0590. The molecule has 0 radical (unpaired) electrons. The first-order valence-corrected chi connectivity index (χ1v) is 8.34. The first kappa shape index (κ1) is 17.7. The zero-order valence-corrected chi connectivity index (χ0v) is 13.8. The molecule has 3 nitrogen and oxygen atoms in total. The van der Waals surface area contributed by atoms with Crippen molar-refractivity contribution < 1.29 is 9.18 Å². The highest BCUT2D eigenvalue weighted by molar-refractivity contribution is 8.14. The fourth-order valence-corrected chi connectivity index (χ4v) is 3.07. The van der Waals surface area contributed by atoms with Crippen LogP contribution in [0.15, 0.2) is 29.3 Å². The Morgan fingerprint density at radius 2 is 2.00 bits per heavy atom. The lowest BCUT2D eigenvalue weighted by Crippen LogP contribution is -2.30. The number of aliphatic imine (C=N–C) groups is 1. The highest BCUT2D eigenvalue weighted by Crippen LogP contribution is 2.28. The van der Waals surface area contributed by atoms with Crippen molar-refractivity contribution >= 4 is 28.4 Å². The molecule has 1 aliphatic heterocycles. The summed E-state index contributed by atoms with van der Waals surface area (Å²) in [7, 11) is 0. The monoisotopic (exact) mass is 310 g/mol. The lowest BCUT2D eigenvalue weighted by atomic mass is 9.97. The molecule has 1 aromatic rings. The molecule has 5 heteroatoms. The van der Waals surface area contributed by atoms with Gasteiger partial charge in [0.05, 0.1) is 11.0 Å². The van der Waals surface area contributed by atoms with Gasteiger partial charge in [-0.15, -0.1) is 11.8 Å². The van der Waals surface area contributed by atoms with Gasteiger partial charge in [-0.05, 0) is 35.9 Å². The van der Waals surface area contributed by atoms with E-state index in [4.69, 9.17) is 0 Å². The number of nitrogens with one attached hydrogen (secondary N) is 1. The Hall–Kier alpha value is -1.36. The van der Waals surface area contributed by atoms with Crippen LogP contribution in [0.2, 0.25) is 0 Å². The lowest BCUT2D eigenvalue weighted by Gasteiger charge is -2.17. The van der Waals surface area contributed by atoms with Crippen molar-refractivity contribution in [1.29, 1.82) is 0 Å². The second kappa shape index (κ2) is 8.82. The molecule has 2 unspecified atom stereocenters. The van der Waals surface area contributed by atoms with E-state index in [0.717, 1.165) is 10.8 Å². The van der Waals surface area contributed by atoms with Crippen LogP contribution in [0.25, 0.3) is 0 Å². The number of nitrogens with zero attached hydrogens (tertiary/aromatic N) is 1. The number of thioether (sulfide) groups is 1. The van der Waals surface area contributed by atoms with Gasteiger partial charge in [0.25, 0.3) is 0 Å². The van der Waals surface area contributed by atoms with E-state index in [0.29, 0.717) is 12.2 Å². The lowest BCUT2D eigenvalue weighted by molar-refractivity contribution is -0.118. The van der Waals surface area contributed by atoms with Crippen molar-refractivity contribution in [1.82, 2.24) is 0 Å². The number of rotatable bonds is 3. The van der Waals surface area contributed by atoms with Gasteiger partial charge < -0.3 is 5.32 Å². The number of carbonyl (C=O) groups excluding carboxylic acids is 1. The van der Waals surface area contributed by atoms with Crippen molar-refractivity contribution in [3.05, 3.63) is 30.1 Å². The first-order chi connectivity index (χ1) is 10.1. The van der Waals surface area contributed by atoms with Gasteiger partial charge in [0.15, 0.2) is 0 Å². The normalized spacial score (nSPS) is 20.3. The highest BCUT2D eigenvalue weighted by atomic mass is 32.2. The van der Waals surface area contributed by atoms with Crippen molar-refractivity contribution in [2.45, 2.75) is 27.7 Å². The Kier molecular flexibility index (Phi) is 7.43. The molecule has 0 aromatic heterocycles. The molecular formula is C16H23FN2OS. The number of carbonyl (C=O) groups is 1. The Morgan fingerprint density at radius 1 is 1.38 bits per heavy atom. The third-order valence-corrected chi connectivity index (χ3v) is 4.02. The predicted molar refractivity (Wildman–Crippen MR) is 89.5 cm³/mol. The summed E-state index contributed by atoms with van der Waals surface area (Å²) in [5.74, 6) is 0.572. The van der Waals surface area contributed by atoms with Gasteiger partial charge in [-0.2, -0.15) is 0 Å². The zero-order valence-electron chi connectivity index (χ0n) is 13.0. The summed E-state index contributed by atoms with van der Waals surface area (Å²) < 4.78 is 12.8. The number of anilines is 1. The molecule has 1 aromatic carbocycles. The molecule has 0 fully saturated rings. The maximum Gasteiger partial charge on any atom is 0.234 e. The number of amides is 1. The van der Waals surface area contributed by atoms with Gasteiger partial charge in [0.2, 0.25) is 5.91 Å². The summed E-state index contributed by atoms with van der Waals surface area (Å²) in [4.78, 5) is 16.7. The summed E-state index contributed by atoms with van der Waals surface area (Å²) in [6, 6.07) is 5.81. The molecular weight excluding hydrogens is 287 g/mol. The van der Waals surface area contributed by atoms with Gasteiger partial charge in [0.1, 0.15) is 5.82 Å². The van der Waals surface area contributed by atoms with E-state index in [1.165, 1.54) is 12.1 Å². The predicted octanol–water partition coefficient (Wildman–Crippen LogP) is 4.21. The maximum absolute atomic E-state index is 12.8. The minimum Gasteiger partial charge on any atom is -0.325 e. The minimum atomic E-state index is -0.309.